The summed E-state index contributed by atoms with van der Waals surface area (Å²) in [5.74, 6) is 0.375. The average molecular weight is 368 g/mol. The number of fused-ring (bicyclic) bond motifs is 4. The van der Waals surface area contributed by atoms with Gasteiger partial charge in [-0.1, -0.05) is 0 Å². The van der Waals surface area contributed by atoms with Gasteiger partial charge in [-0.25, -0.2) is 8.42 Å². The third kappa shape index (κ3) is 3.51. The molecule has 1 amide bonds. The molecule has 0 radical (unpaired) electrons. The minimum absolute atomic E-state index is 0.0423. The van der Waals surface area contributed by atoms with Crippen LogP contribution in [0.4, 0.5) is 0 Å². The van der Waals surface area contributed by atoms with E-state index in [0.717, 1.165) is 12.8 Å². The largest absolute Gasteiger partial charge is 0.497 e. The van der Waals surface area contributed by atoms with Crippen molar-refractivity contribution >= 4 is 15.9 Å². The Morgan fingerprint density at radius 3 is 2.48 bits per heavy atom. The highest BCUT2D eigenvalue weighted by atomic mass is 32.2. The van der Waals surface area contributed by atoms with Crippen LogP contribution in [-0.2, 0) is 19.6 Å². The molecule has 0 aromatic heterocycles. The fourth-order valence-corrected chi connectivity index (χ4v) is 5.10. The van der Waals surface area contributed by atoms with Gasteiger partial charge in [0.2, 0.25) is 15.9 Å². The Morgan fingerprint density at radius 2 is 1.84 bits per heavy atom. The molecule has 1 aromatic rings. The van der Waals surface area contributed by atoms with Gasteiger partial charge in [0.15, 0.2) is 0 Å². The van der Waals surface area contributed by atoms with Crippen molar-refractivity contribution in [1.29, 1.82) is 0 Å². The fraction of sp³-hybridized carbons (Fsp3) is 0.588. The van der Waals surface area contributed by atoms with Crippen molar-refractivity contribution < 1.29 is 22.7 Å². The van der Waals surface area contributed by atoms with Crippen molar-refractivity contribution in [2.45, 2.75) is 23.8 Å². The van der Waals surface area contributed by atoms with Gasteiger partial charge in [-0.15, -0.1) is 0 Å². The van der Waals surface area contributed by atoms with Crippen molar-refractivity contribution in [2.24, 2.45) is 5.92 Å². The van der Waals surface area contributed by atoms with Gasteiger partial charge < -0.3 is 14.4 Å². The number of amides is 1. The predicted molar refractivity (Wildman–Crippen MR) is 91.9 cm³/mol. The zero-order chi connectivity index (χ0) is 18.0. The van der Waals surface area contributed by atoms with Gasteiger partial charge in [0.25, 0.3) is 0 Å². The molecule has 3 saturated heterocycles. The molecule has 138 valence electrons. The van der Waals surface area contributed by atoms with Gasteiger partial charge in [0.1, 0.15) is 5.75 Å². The molecule has 7 nitrogen and oxygen atoms in total. The van der Waals surface area contributed by atoms with E-state index in [0.29, 0.717) is 25.4 Å². The van der Waals surface area contributed by atoms with Crippen molar-refractivity contribution in [3.05, 3.63) is 24.3 Å². The Balaban J connectivity index is 1.84. The Kier molecular flexibility index (Phi) is 5.31. The van der Waals surface area contributed by atoms with Gasteiger partial charge in [-0.2, -0.15) is 4.31 Å². The Hall–Kier alpha value is -1.64. The molecule has 2 atom stereocenters. The predicted octanol–water partition coefficient (Wildman–Crippen LogP) is 0.953. The zero-order valence-electron chi connectivity index (χ0n) is 14.6. The second kappa shape index (κ2) is 7.31. The lowest BCUT2D eigenvalue weighted by Crippen LogP contribution is -2.49. The number of ether oxygens (including phenoxy) is 2. The highest BCUT2D eigenvalue weighted by Gasteiger charge is 2.43. The lowest BCUT2D eigenvalue weighted by molar-refractivity contribution is -0.140. The van der Waals surface area contributed by atoms with Gasteiger partial charge in [-0.3, -0.25) is 4.79 Å². The molecular weight excluding hydrogens is 344 g/mol. The van der Waals surface area contributed by atoms with Crippen molar-refractivity contribution in [1.82, 2.24) is 9.21 Å². The molecule has 3 aliphatic heterocycles. The van der Waals surface area contributed by atoms with Crippen LogP contribution in [0.2, 0.25) is 0 Å². The monoisotopic (exact) mass is 368 g/mol. The number of hydrogen-bond donors (Lipinski definition) is 0. The van der Waals surface area contributed by atoms with Gasteiger partial charge in [0, 0.05) is 32.8 Å². The minimum atomic E-state index is -3.64. The first-order valence-corrected chi connectivity index (χ1v) is 9.85. The first-order chi connectivity index (χ1) is 12.0. The van der Waals surface area contributed by atoms with Crippen LogP contribution in [0.25, 0.3) is 0 Å². The maximum absolute atomic E-state index is 13.0. The van der Waals surface area contributed by atoms with E-state index in [1.165, 1.54) is 11.4 Å². The summed E-state index contributed by atoms with van der Waals surface area (Å²) in [5, 5.41) is 0. The van der Waals surface area contributed by atoms with E-state index < -0.39 is 10.0 Å². The van der Waals surface area contributed by atoms with Crippen LogP contribution in [0.15, 0.2) is 29.2 Å². The second-order valence-electron chi connectivity index (χ2n) is 6.45. The first kappa shape index (κ1) is 18.2. The normalized spacial score (nSPS) is 24.4. The number of rotatable bonds is 6. The molecular formula is C17H24N2O5S. The fourth-order valence-electron chi connectivity index (χ4n) is 3.58. The van der Waals surface area contributed by atoms with Gasteiger partial charge >= 0.3 is 0 Å². The summed E-state index contributed by atoms with van der Waals surface area (Å²) < 4.78 is 37.7. The van der Waals surface area contributed by atoms with Crippen LogP contribution in [0.5, 0.6) is 5.75 Å². The molecule has 0 spiro atoms. The van der Waals surface area contributed by atoms with Crippen LogP contribution >= 0.6 is 0 Å². The Labute approximate surface area is 148 Å². The topological polar surface area (TPSA) is 76.2 Å². The smallest absolute Gasteiger partial charge is 0.243 e. The number of carbonyl (C=O) groups excluding carboxylic acids is 1. The van der Waals surface area contributed by atoms with Gasteiger partial charge in [0.05, 0.1) is 24.5 Å². The second-order valence-corrected chi connectivity index (χ2v) is 8.39. The summed E-state index contributed by atoms with van der Waals surface area (Å²) in [7, 11) is -0.500. The van der Waals surface area contributed by atoms with Crippen LogP contribution in [-0.4, -0.2) is 70.0 Å². The van der Waals surface area contributed by atoms with E-state index in [2.05, 4.69) is 0 Å². The molecule has 1 aromatic carbocycles. The highest BCUT2D eigenvalue weighted by Crippen LogP contribution is 2.32. The number of sulfonamides is 1. The van der Waals surface area contributed by atoms with E-state index >= 15 is 0 Å². The molecule has 0 aliphatic carbocycles. The SMILES string of the molecule is COCCN1C(=O)[C@@H]2CC[C@H]1CN(S(=O)(=O)c1ccc(OC)cc1)C2. The maximum Gasteiger partial charge on any atom is 0.243 e. The third-order valence-corrected chi connectivity index (χ3v) is 6.84. The molecule has 0 N–H and O–H groups in total. The van der Waals surface area contributed by atoms with Crippen LogP contribution < -0.4 is 4.74 Å². The van der Waals surface area contributed by atoms with Gasteiger partial charge in [-0.05, 0) is 37.1 Å². The van der Waals surface area contributed by atoms with Crippen LogP contribution in [0, 0.1) is 5.92 Å². The summed E-state index contributed by atoms with van der Waals surface area (Å²) in [5.41, 5.74) is 0. The molecule has 4 rings (SSSR count). The maximum atomic E-state index is 13.0. The van der Waals surface area contributed by atoms with E-state index in [1.54, 1.807) is 36.3 Å². The number of nitrogens with zero attached hydrogens (tertiary/aromatic N) is 2. The molecule has 8 heteroatoms. The van der Waals surface area contributed by atoms with Crippen LogP contribution in [0.1, 0.15) is 12.8 Å². The molecule has 25 heavy (non-hydrogen) atoms. The summed E-state index contributed by atoms with van der Waals surface area (Å²) in [4.78, 5) is 14.7. The number of benzene rings is 1. The quantitative estimate of drug-likeness (QED) is 0.747. The van der Waals surface area contributed by atoms with E-state index in [4.69, 9.17) is 9.47 Å². The summed E-state index contributed by atoms with van der Waals surface area (Å²) in [6.07, 6.45) is 1.57. The standard InChI is InChI=1S/C17H24N2O5S/c1-23-10-9-19-14-4-3-13(17(19)20)11-18(12-14)25(21,22)16-7-5-15(24-2)6-8-16/h5-8,13-14H,3-4,9-12H2,1-2H3/t13-,14+/m1/s1. The average Bonchev–Trinajstić information content (AvgIpc) is 2.92. The van der Waals surface area contributed by atoms with E-state index in [1.807, 2.05) is 0 Å². The lowest BCUT2D eigenvalue weighted by atomic mass is 9.94. The molecule has 2 bridgehead atoms. The van der Waals surface area contributed by atoms with Crippen LogP contribution in [0.3, 0.4) is 0 Å². The third-order valence-electron chi connectivity index (χ3n) is 4.99. The van der Waals surface area contributed by atoms with E-state index in [9.17, 15) is 13.2 Å². The summed E-state index contributed by atoms with van der Waals surface area (Å²) in [6.45, 7) is 1.54. The van der Waals surface area contributed by atoms with Crippen molar-refractivity contribution in [2.75, 3.05) is 40.5 Å². The number of piperidine rings is 1. The van der Waals surface area contributed by atoms with Crippen molar-refractivity contribution in [3.63, 3.8) is 0 Å². The van der Waals surface area contributed by atoms with Crippen molar-refractivity contribution in [3.8, 4) is 5.75 Å². The number of carbonyl (C=O) groups is 1. The first-order valence-electron chi connectivity index (χ1n) is 8.41. The lowest BCUT2D eigenvalue weighted by Gasteiger charge is -2.35. The molecule has 3 heterocycles. The minimum Gasteiger partial charge on any atom is -0.497 e. The summed E-state index contributed by atoms with van der Waals surface area (Å²) in [6, 6.07) is 6.27. The summed E-state index contributed by atoms with van der Waals surface area (Å²) >= 11 is 0. The molecule has 0 unspecified atom stereocenters. The Morgan fingerprint density at radius 1 is 1.12 bits per heavy atom. The highest BCUT2D eigenvalue weighted by molar-refractivity contribution is 7.89. The van der Waals surface area contributed by atoms with E-state index in [-0.39, 0.29) is 29.3 Å². The Bertz CT molecular complexity index is 719. The molecule has 3 aliphatic rings. The molecule has 3 fully saturated rings. The molecule has 0 saturated carbocycles. The number of hydrogen-bond acceptors (Lipinski definition) is 5. The zero-order valence-corrected chi connectivity index (χ0v) is 15.4. The number of methoxy groups -OCH3 is 2.